The Morgan fingerprint density at radius 3 is 2.43 bits per heavy atom. The van der Waals surface area contributed by atoms with E-state index in [9.17, 15) is 4.39 Å². The smallest absolute Gasteiger partial charge is 0.123 e. The molecule has 30 heavy (non-hydrogen) atoms. The maximum Gasteiger partial charge on any atom is 0.123 e. The molecule has 1 saturated heterocycles. The van der Waals surface area contributed by atoms with Gasteiger partial charge in [-0.2, -0.15) is 5.10 Å². The number of morpholine rings is 1. The van der Waals surface area contributed by atoms with Crippen LogP contribution in [0.2, 0.25) is 0 Å². The minimum Gasteiger partial charge on any atom is -0.378 e. The molecule has 5 nitrogen and oxygen atoms in total. The number of rotatable bonds is 6. The number of ether oxygens (including phenoxy) is 1. The van der Waals surface area contributed by atoms with E-state index in [1.54, 1.807) is 12.1 Å². The third-order valence-electron chi connectivity index (χ3n) is 5.72. The standard InChI is InChI=1S/C24H29FN4O/c1-18-23(19(2)29(26-18)22-10-8-21(25)9-11-22)17-27(3)16-20-6-4-5-7-24(20)28-12-14-30-15-13-28/h4-11H,12-17H2,1-3H3. The lowest BCUT2D eigenvalue weighted by molar-refractivity contribution is 0.122. The Balaban J connectivity index is 1.51. The molecule has 0 amide bonds. The van der Waals surface area contributed by atoms with Crippen molar-refractivity contribution >= 4 is 5.69 Å². The molecule has 6 heteroatoms. The number of benzene rings is 2. The van der Waals surface area contributed by atoms with E-state index in [4.69, 9.17) is 9.84 Å². The van der Waals surface area contributed by atoms with Gasteiger partial charge in [0, 0.05) is 43.1 Å². The first kappa shape index (κ1) is 20.6. The molecular formula is C24H29FN4O. The summed E-state index contributed by atoms with van der Waals surface area (Å²) in [5, 5.41) is 4.71. The highest BCUT2D eigenvalue weighted by atomic mass is 19.1. The van der Waals surface area contributed by atoms with E-state index in [0.717, 1.165) is 56.5 Å². The second kappa shape index (κ2) is 8.98. The zero-order chi connectivity index (χ0) is 21.1. The molecule has 1 fully saturated rings. The van der Waals surface area contributed by atoms with Crippen molar-refractivity contribution in [2.45, 2.75) is 26.9 Å². The largest absolute Gasteiger partial charge is 0.378 e. The molecule has 4 rings (SSSR count). The quantitative estimate of drug-likeness (QED) is 0.615. The van der Waals surface area contributed by atoms with E-state index in [1.807, 2.05) is 11.6 Å². The highest BCUT2D eigenvalue weighted by molar-refractivity contribution is 5.54. The molecule has 0 bridgehead atoms. The van der Waals surface area contributed by atoms with Gasteiger partial charge in [0.1, 0.15) is 5.82 Å². The van der Waals surface area contributed by atoms with Crippen molar-refractivity contribution in [3.05, 3.63) is 76.9 Å². The van der Waals surface area contributed by atoms with E-state index in [-0.39, 0.29) is 5.82 Å². The molecular weight excluding hydrogens is 379 g/mol. The fourth-order valence-electron chi connectivity index (χ4n) is 4.11. The lowest BCUT2D eigenvalue weighted by atomic mass is 10.1. The molecule has 1 aliphatic rings. The van der Waals surface area contributed by atoms with Crippen molar-refractivity contribution in [1.82, 2.24) is 14.7 Å². The molecule has 158 valence electrons. The first-order valence-corrected chi connectivity index (χ1v) is 10.4. The number of para-hydroxylation sites is 1. The number of aromatic nitrogens is 2. The predicted octanol–water partition coefficient (Wildman–Crippen LogP) is 4.10. The molecule has 1 aromatic heterocycles. The average Bonchev–Trinajstić information content (AvgIpc) is 3.03. The van der Waals surface area contributed by atoms with E-state index >= 15 is 0 Å². The first-order valence-electron chi connectivity index (χ1n) is 10.4. The summed E-state index contributed by atoms with van der Waals surface area (Å²) in [5.41, 5.74) is 6.80. The molecule has 2 aromatic carbocycles. The van der Waals surface area contributed by atoms with Crippen LogP contribution in [-0.4, -0.2) is 48.0 Å². The van der Waals surface area contributed by atoms with Gasteiger partial charge in [0.25, 0.3) is 0 Å². The monoisotopic (exact) mass is 408 g/mol. The molecule has 0 saturated carbocycles. The fraction of sp³-hybridized carbons (Fsp3) is 0.375. The lowest BCUT2D eigenvalue weighted by Gasteiger charge is -2.31. The maximum absolute atomic E-state index is 13.3. The Hall–Kier alpha value is -2.70. The van der Waals surface area contributed by atoms with Gasteiger partial charge in [-0.25, -0.2) is 9.07 Å². The SMILES string of the molecule is Cc1nn(-c2ccc(F)cc2)c(C)c1CN(C)Cc1ccccc1N1CCOCC1. The summed E-state index contributed by atoms with van der Waals surface area (Å²) < 4.78 is 20.7. The van der Waals surface area contributed by atoms with Gasteiger partial charge in [-0.05, 0) is 56.8 Å². The molecule has 1 aliphatic heterocycles. The number of nitrogens with zero attached hydrogens (tertiary/aromatic N) is 4. The molecule has 2 heterocycles. The second-order valence-electron chi connectivity index (χ2n) is 7.94. The third-order valence-corrected chi connectivity index (χ3v) is 5.72. The number of halogens is 1. The van der Waals surface area contributed by atoms with E-state index in [1.165, 1.54) is 28.9 Å². The van der Waals surface area contributed by atoms with E-state index in [0.29, 0.717) is 0 Å². The molecule has 0 atom stereocenters. The first-order chi connectivity index (χ1) is 14.5. The van der Waals surface area contributed by atoms with E-state index < -0.39 is 0 Å². The van der Waals surface area contributed by atoms with Crippen LogP contribution in [-0.2, 0) is 17.8 Å². The molecule has 3 aromatic rings. The van der Waals surface area contributed by atoms with Crippen molar-refractivity contribution in [2.75, 3.05) is 38.3 Å². The minimum atomic E-state index is -0.237. The Labute approximate surface area is 177 Å². The van der Waals surface area contributed by atoms with Crippen molar-refractivity contribution in [3.63, 3.8) is 0 Å². The summed E-state index contributed by atoms with van der Waals surface area (Å²) in [5.74, 6) is -0.237. The molecule has 0 spiro atoms. The zero-order valence-electron chi connectivity index (χ0n) is 17.9. The van der Waals surface area contributed by atoms with Crippen LogP contribution in [0.1, 0.15) is 22.5 Å². The summed E-state index contributed by atoms with van der Waals surface area (Å²) in [6, 6.07) is 15.1. The normalized spacial score (nSPS) is 14.5. The average molecular weight is 409 g/mol. The van der Waals surface area contributed by atoms with Gasteiger partial charge in [-0.15, -0.1) is 0 Å². The summed E-state index contributed by atoms with van der Waals surface area (Å²) in [7, 11) is 2.14. The zero-order valence-corrected chi connectivity index (χ0v) is 17.9. The number of aryl methyl sites for hydroxylation is 1. The van der Waals surface area contributed by atoms with Crippen LogP contribution < -0.4 is 4.90 Å². The molecule has 0 radical (unpaired) electrons. The van der Waals surface area contributed by atoms with Crippen LogP contribution in [0.4, 0.5) is 10.1 Å². The van der Waals surface area contributed by atoms with Gasteiger partial charge in [-0.3, -0.25) is 4.90 Å². The van der Waals surface area contributed by atoms with Crippen molar-refractivity contribution in [2.24, 2.45) is 0 Å². The lowest BCUT2D eigenvalue weighted by Crippen LogP contribution is -2.37. The second-order valence-corrected chi connectivity index (χ2v) is 7.94. The Morgan fingerprint density at radius 1 is 1.00 bits per heavy atom. The maximum atomic E-state index is 13.3. The van der Waals surface area contributed by atoms with Crippen molar-refractivity contribution < 1.29 is 9.13 Å². The Kier molecular flexibility index (Phi) is 6.16. The van der Waals surface area contributed by atoms with Gasteiger partial charge in [0.05, 0.1) is 24.6 Å². The topological polar surface area (TPSA) is 33.5 Å². The van der Waals surface area contributed by atoms with Crippen LogP contribution in [0.25, 0.3) is 5.69 Å². The Morgan fingerprint density at radius 2 is 1.70 bits per heavy atom. The number of anilines is 1. The van der Waals surface area contributed by atoms with Crippen LogP contribution in [0.15, 0.2) is 48.5 Å². The molecule has 0 N–H and O–H groups in total. The fourth-order valence-corrected chi connectivity index (χ4v) is 4.11. The van der Waals surface area contributed by atoms with Crippen LogP contribution in [0.3, 0.4) is 0 Å². The highest BCUT2D eigenvalue weighted by Crippen LogP contribution is 2.25. The van der Waals surface area contributed by atoms with Gasteiger partial charge in [-0.1, -0.05) is 18.2 Å². The van der Waals surface area contributed by atoms with Crippen LogP contribution >= 0.6 is 0 Å². The van der Waals surface area contributed by atoms with Crippen molar-refractivity contribution in [1.29, 1.82) is 0 Å². The van der Waals surface area contributed by atoms with Crippen LogP contribution in [0.5, 0.6) is 0 Å². The highest BCUT2D eigenvalue weighted by Gasteiger charge is 2.18. The Bertz CT molecular complexity index is 993. The number of hydrogen-bond donors (Lipinski definition) is 0. The summed E-state index contributed by atoms with van der Waals surface area (Å²) in [4.78, 5) is 4.74. The number of hydrogen-bond acceptors (Lipinski definition) is 4. The third kappa shape index (κ3) is 4.40. The van der Waals surface area contributed by atoms with Crippen molar-refractivity contribution in [3.8, 4) is 5.69 Å². The van der Waals surface area contributed by atoms with Gasteiger partial charge >= 0.3 is 0 Å². The predicted molar refractivity (Wildman–Crippen MR) is 118 cm³/mol. The van der Waals surface area contributed by atoms with Crippen LogP contribution in [0, 0.1) is 19.7 Å². The minimum absolute atomic E-state index is 0.237. The van der Waals surface area contributed by atoms with Gasteiger partial charge in [0.15, 0.2) is 0 Å². The molecule has 0 unspecified atom stereocenters. The summed E-state index contributed by atoms with van der Waals surface area (Å²) >= 11 is 0. The van der Waals surface area contributed by atoms with Gasteiger partial charge in [0.2, 0.25) is 0 Å². The van der Waals surface area contributed by atoms with Gasteiger partial charge < -0.3 is 9.64 Å². The summed E-state index contributed by atoms with van der Waals surface area (Å²) in [6.45, 7) is 9.21. The summed E-state index contributed by atoms with van der Waals surface area (Å²) in [6.07, 6.45) is 0. The molecule has 0 aliphatic carbocycles. The van der Waals surface area contributed by atoms with E-state index in [2.05, 4.69) is 48.0 Å².